The van der Waals surface area contributed by atoms with Crippen LogP contribution in [0.4, 0.5) is 0 Å². The molecule has 1 heterocycles. The molecule has 5 nitrogen and oxygen atoms in total. The molecule has 0 radical (unpaired) electrons. The molecule has 0 aromatic carbocycles. The Morgan fingerprint density at radius 1 is 1.38 bits per heavy atom. The predicted octanol–water partition coefficient (Wildman–Crippen LogP) is -0.692. The minimum absolute atomic E-state index is 0.555. The van der Waals surface area contributed by atoms with E-state index in [0.29, 0.717) is 39.1 Å². The third-order valence-electron chi connectivity index (χ3n) is 2.15. The summed E-state index contributed by atoms with van der Waals surface area (Å²) in [6.07, 6.45) is 1.11. The molecule has 0 aliphatic carbocycles. The van der Waals surface area contributed by atoms with Crippen molar-refractivity contribution in [3.8, 4) is 0 Å². The van der Waals surface area contributed by atoms with Crippen molar-refractivity contribution in [1.29, 1.82) is 0 Å². The molecule has 0 spiro atoms. The summed E-state index contributed by atoms with van der Waals surface area (Å²) in [5.74, 6) is 0. The molecule has 3 N–H and O–H groups in total. The van der Waals surface area contributed by atoms with Gasteiger partial charge < -0.3 is 15.6 Å². The SMILES string of the molecule is COCCON1CCC(N)(O)CC1. The van der Waals surface area contributed by atoms with Crippen LogP contribution in [0.3, 0.4) is 0 Å². The second kappa shape index (κ2) is 4.88. The van der Waals surface area contributed by atoms with Gasteiger partial charge in [0.2, 0.25) is 0 Å². The number of aliphatic hydroxyl groups is 1. The van der Waals surface area contributed by atoms with Crippen molar-refractivity contribution in [1.82, 2.24) is 5.06 Å². The molecular weight excluding hydrogens is 172 g/mol. The van der Waals surface area contributed by atoms with Crippen LogP contribution in [0.5, 0.6) is 0 Å². The van der Waals surface area contributed by atoms with Gasteiger partial charge in [-0.15, -0.1) is 0 Å². The highest BCUT2D eigenvalue weighted by molar-refractivity contribution is 4.77. The summed E-state index contributed by atoms with van der Waals surface area (Å²) in [6.45, 7) is 2.50. The fourth-order valence-electron chi connectivity index (χ4n) is 1.25. The Bertz CT molecular complexity index is 142. The lowest BCUT2D eigenvalue weighted by atomic mass is 10.0. The second-order valence-corrected chi connectivity index (χ2v) is 3.36. The van der Waals surface area contributed by atoms with Crippen molar-refractivity contribution in [2.75, 3.05) is 33.4 Å². The largest absolute Gasteiger partial charge is 0.382 e. The van der Waals surface area contributed by atoms with Crippen LogP contribution in [0.15, 0.2) is 0 Å². The van der Waals surface area contributed by atoms with E-state index in [1.54, 1.807) is 7.11 Å². The fraction of sp³-hybridized carbons (Fsp3) is 1.00. The molecule has 5 heteroatoms. The van der Waals surface area contributed by atoms with Crippen molar-refractivity contribution >= 4 is 0 Å². The van der Waals surface area contributed by atoms with E-state index in [-0.39, 0.29) is 0 Å². The summed E-state index contributed by atoms with van der Waals surface area (Å²) in [5.41, 5.74) is 4.54. The summed E-state index contributed by atoms with van der Waals surface area (Å²) in [5, 5.41) is 11.3. The van der Waals surface area contributed by atoms with Crippen LogP contribution in [-0.2, 0) is 9.57 Å². The van der Waals surface area contributed by atoms with Gasteiger partial charge in [0, 0.05) is 33.0 Å². The Hall–Kier alpha value is -0.200. The molecule has 13 heavy (non-hydrogen) atoms. The molecule has 0 unspecified atom stereocenters. The summed E-state index contributed by atoms with van der Waals surface area (Å²) < 4.78 is 4.85. The standard InChI is InChI=1S/C8H18N2O3/c1-12-6-7-13-10-4-2-8(9,11)3-5-10/h11H,2-7,9H2,1H3. The normalized spacial score (nSPS) is 23.3. The molecule has 0 bridgehead atoms. The zero-order valence-corrected chi connectivity index (χ0v) is 8.03. The number of methoxy groups -OCH3 is 1. The zero-order valence-electron chi connectivity index (χ0n) is 8.03. The Kier molecular flexibility index (Phi) is 4.08. The first-order valence-corrected chi connectivity index (χ1v) is 4.52. The van der Waals surface area contributed by atoms with Gasteiger partial charge in [0.25, 0.3) is 0 Å². The summed E-state index contributed by atoms with van der Waals surface area (Å²) in [7, 11) is 1.64. The van der Waals surface area contributed by atoms with Crippen LogP contribution < -0.4 is 5.73 Å². The Morgan fingerprint density at radius 3 is 2.54 bits per heavy atom. The molecule has 0 aromatic rings. The first-order chi connectivity index (χ1) is 6.14. The van der Waals surface area contributed by atoms with Crippen LogP contribution in [-0.4, -0.2) is 49.3 Å². The number of hydrogen-bond donors (Lipinski definition) is 2. The molecule has 1 fully saturated rings. The van der Waals surface area contributed by atoms with Gasteiger partial charge in [0.1, 0.15) is 5.72 Å². The van der Waals surface area contributed by atoms with E-state index in [4.69, 9.17) is 15.3 Å². The molecule has 78 valence electrons. The van der Waals surface area contributed by atoms with Gasteiger partial charge in [-0.2, -0.15) is 5.06 Å². The van der Waals surface area contributed by atoms with Crippen LogP contribution in [0.25, 0.3) is 0 Å². The maximum absolute atomic E-state index is 9.43. The highest BCUT2D eigenvalue weighted by Gasteiger charge is 2.28. The number of hydroxylamine groups is 2. The summed E-state index contributed by atoms with van der Waals surface area (Å²) in [6, 6.07) is 0. The third kappa shape index (κ3) is 4.02. The molecule has 1 aliphatic rings. The van der Waals surface area contributed by atoms with E-state index in [9.17, 15) is 5.11 Å². The molecule has 0 saturated carbocycles. The van der Waals surface area contributed by atoms with Crippen molar-refractivity contribution in [3.05, 3.63) is 0 Å². The van der Waals surface area contributed by atoms with Gasteiger partial charge in [-0.05, 0) is 0 Å². The zero-order chi connectivity index (χ0) is 9.73. The van der Waals surface area contributed by atoms with Gasteiger partial charge in [-0.1, -0.05) is 0 Å². The number of ether oxygens (including phenoxy) is 1. The fourth-order valence-corrected chi connectivity index (χ4v) is 1.25. The second-order valence-electron chi connectivity index (χ2n) is 3.36. The Labute approximate surface area is 78.4 Å². The quantitative estimate of drug-likeness (QED) is 0.453. The number of nitrogens with zero attached hydrogens (tertiary/aromatic N) is 1. The molecule has 1 saturated heterocycles. The molecular formula is C8H18N2O3. The van der Waals surface area contributed by atoms with Crippen LogP contribution in [0.2, 0.25) is 0 Å². The Morgan fingerprint density at radius 2 is 2.00 bits per heavy atom. The Balaban J connectivity index is 2.11. The van der Waals surface area contributed by atoms with Crippen LogP contribution in [0, 0.1) is 0 Å². The van der Waals surface area contributed by atoms with E-state index in [0.717, 1.165) is 0 Å². The maximum Gasteiger partial charge on any atom is 0.116 e. The van der Waals surface area contributed by atoms with E-state index in [1.165, 1.54) is 0 Å². The molecule has 0 aromatic heterocycles. The first-order valence-electron chi connectivity index (χ1n) is 4.52. The van der Waals surface area contributed by atoms with Crippen molar-refractivity contribution < 1.29 is 14.7 Å². The van der Waals surface area contributed by atoms with Crippen LogP contribution >= 0.6 is 0 Å². The number of hydrogen-bond acceptors (Lipinski definition) is 5. The van der Waals surface area contributed by atoms with Gasteiger partial charge >= 0.3 is 0 Å². The number of rotatable bonds is 4. The third-order valence-corrected chi connectivity index (χ3v) is 2.15. The van der Waals surface area contributed by atoms with E-state index in [1.807, 2.05) is 5.06 Å². The highest BCUT2D eigenvalue weighted by atomic mass is 16.7. The minimum atomic E-state index is -0.999. The smallest absolute Gasteiger partial charge is 0.116 e. The average Bonchev–Trinajstić information content (AvgIpc) is 2.08. The summed E-state index contributed by atoms with van der Waals surface area (Å²) in [4.78, 5) is 5.36. The lowest BCUT2D eigenvalue weighted by Gasteiger charge is -2.34. The highest BCUT2D eigenvalue weighted by Crippen LogP contribution is 2.16. The van der Waals surface area contributed by atoms with Crippen molar-refractivity contribution in [3.63, 3.8) is 0 Å². The molecule has 0 amide bonds. The topological polar surface area (TPSA) is 68.0 Å². The molecule has 1 aliphatic heterocycles. The van der Waals surface area contributed by atoms with Gasteiger partial charge in [0.15, 0.2) is 0 Å². The van der Waals surface area contributed by atoms with Gasteiger partial charge in [0.05, 0.1) is 13.2 Å². The average molecular weight is 190 g/mol. The van der Waals surface area contributed by atoms with E-state index in [2.05, 4.69) is 0 Å². The first kappa shape index (κ1) is 10.9. The number of nitrogens with two attached hydrogens (primary N) is 1. The van der Waals surface area contributed by atoms with Crippen molar-refractivity contribution in [2.45, 2.75) is 18.6 Å². The lowest BCUT2D eigenvalue weighted by molar-refractivity contribution is -0.198. The monoisotopic (exact) mass is 190 g/mol. The van der Waals surface area contributed by atoms with Gasteiger partial charge in [-0.3, -0.25) is 4.84 Å². The summed E-state index contributed by atoms with van der Waals surface area (Å²) >= 11 is 0. The minimum Gasteiger partial charge on any atom is -0.382 e. The van der Waals surface area contributed by atoms with Crippen molar-refractivity contribution in [2.24, 2.45) is 5.73 Å². The maximum atomic E-state index is 9.43. The predicted molar refractivity (Wildman–Crippen MR) is 47.8 cm³/mol. The molecule has 0 atom stereocenters. The molecule has 1 rings (SSSR count). The van der Waals surface area contributed by atoms with E-state index >= 15 is 0 Å². The van der Waals surface area contributed by atoms with Gasteiger partial charge in [-0.25, -0.2) is 0 Å². The number of piperidine rings is 1. The van der Waals surface area contributed by atoms with E-state index < -0.39 is 5.72 Å². The van der Waals surface area contributed by atoms with Crippen LogP contribution in [0.1, 0.15) is 12.8 Å². The lowest BCUT2D eigenvalue weighted by Crippen LogP contribution is -2.50.